The lowest BCUT2D eigenvalue weighted by atomic mass is 10.1. The van der Waals surface area contributed by atoms with Crippen LogP contribution >= 0.6 is 0 Å². The Bertz CT molecular complexity index is 803. The van der Waals surface area contributed by atoms with Crippen LogP contribution in [0.2, 0.25) is 0 Å². The number of aryl methyl sites for hydroxylation is 1. The van der Waals surface area contributed by atoms with E-state index >= 15 is 0 Å². The maximum Gasteiger partial charge on any atom is 0.270 e. The SMILES string of the molecule is CCCCCc1ccc(NC(=O)CNC(=O)c2cccc([N+](=O)[O-])c2)cc1. The minimum atomic E-state index is -0.574. The highest BCUT2D eigenvalue weighted by Crippen LogP contribution is 2.13. The fourth-order valence-electron chi connectivity index (χ4n) is 2.56. The second-order valence-electron chi connectivity index (χ2n) is 6.19. The van der Waals surface area contributed by atoms with Crippen LogP contribution in [0.5, 0.6) is 0 Å². The maximum atomic E-state index is 12.0. The summed E-state index contributed by atoms with van der Waals surface area (Å²) in [6, 6.07) is 13.0. The maximum absolute atomic E-state index is 12.0. The summed E-state index contributed by atoms with van der Waals surface area (Å²) in [5.41, 5.74) is 1.84. The van der Waals surface area contributed by atoms with Crippen molar-refractivity contribution in [1.82, 2.24) is 5.32 Å². The first-order chi connectivity index (χ1) is 13.0. The first-order valence-electron chi connectivity index (χ1n) is 8.91. The second kappa shape index (κ2) is 10.1. The smallest absolute Gasteiger partial charge is 0.270 e. The highest BCUT2D eigenvalue weighted by molar-refractivity contribution is 5.99. The van der Waals surface area contributed by atoms with Crippen molar-refractivity contribution in [1.29, 1.82) is 0 Å². The first kappa shape index (κ1) is 20.1. The van der Waals surface area contributed by atoms with Crippen molar-refractivity contribution in [3.05, 3.63) is 69.8 Å². The monoisotopic (exact) mass is 369 g/mol. The molecule has 7 heteroatoms. The number of amides is 2. The zero-order valence-electron chi connectivity index (χ0n) is 15.2. The van der Waals surface area contributed by atoms with Crippen molar-refractivity contribution in [2.24, 2.45) is 0 Å². The average Bonchev–Trinajstić information content (AvgIpc) is 2.67. The molecular weight excluding hydrogens is 346 g/mol. The fraction of sp³-hybridized carbons (Fsp3) is 0.300. The van der Waals surface area contributed by atoms with Gasteiger partial charge in [0.25, 0.3) is 11.6 Å². The van der Waals surface area contributed by atoms with E-state index in [0.29, 0.717) is 5.69 Å². The lowest BCUT2D eigenvalue weighted by Gasteiger charge is -2.08. The molecule has 142 valence electrons. The normalized spacial score (nSPS) is 10.3. The van der Waals surface area contributed by atoms with Crippen LogP contribution in [-0.2, 0) is 11.2 Å². The van der Waals surface area contributed by atoms with Crippen LogP contribution in [0.3, 0.4) is 0 Å². The number of rotatable bonds is 9. The summed E-state index contributed by atoms with van der Waals surface area (Å²) in [5, 5.41) is 15.9. The molecule has 27 heavy (non-hydrogen) atoms. The van der Waals surface area contributed by atoms with Gasteiger partial charge in [0.05, 0.1) is 11.5 Å². The van der Waals surface area contributed by atoms with Crippen LogP contribution < -0.4 is 10.6 Å². The Morgan fingerprint density at radius 1 is 1.07 bits per heavy atom. The summed E-state index contributed by atoms with van der Waals surface area (Å²) in [4.78, 5) is 34.2. The van der Waals surface area contributed by atoms with E-state index in [1.54, 1.807) is 0 Å². The van der Waals surface area contributed by atoms with Crippen LogP contribution in [-0.4, -0.2) is 23.3 Å². The zero-order valence-corrected chi connectivity index (χ0v) is 15.2. The summed E-state index contributed by atoms with van der Waals surface area (Å²) in [6.07, 6.45) is 4.53. The molecule has 0 spiro atoms. The van der Waals surface area contributed by atoms with Crippen molar-refractivity contribution < 1.29 is 14.5 Å². The Kier molecular flexibility index (Phi) is 7.49. The number of nitrogens with zero attached hydrogens (tertiary/aromatic N) is 1. The van der Waals surface area contributed by atoms with Crippen molar-refractivity contribution in [2.45, 2.75) is 32.6 Å². The van der Waals surface area contributed by atoms with Crippen molar-refractivity contribution in [3.8, 4) is 0 Å². The molecule has 0 fully saturated rings. The molecule has 2 amide bonds. The highest BCUT2D eigenvalue weighted by Gasteiger charge is 2.12. The largest absolute Gasteiger partial charge is 0.343 e. The van der Waals surface area contributed by atoms with E-state index in [1.807, 2.05) is 24.3 Å². The second-order valence-corrected chi connectivity index (χ2v) is 6.19. The quantitative estimate of drug-likeness (QED) is 0.400. The summed E-state index contributed by atoms with van der Waals surface area (Å²) in [6.45, 7) is 1.94. The van der Waals surface area contributed by atoms with E-state index in [-0.39, 0.29) is 23.7 Å². The molecule has 0 unspecified atom stereocenters. The van der Waals surface area contributed by atoms with Crippen LogP contribution in [0.15, 0.2) is 48.5 Å². The number of hydrogen-bond donors (Lipinski definition) is 2. The van der Waals surface area contributed by atoms with Crippen LogP contribution in [0, 0.1) is 10.1 Å². The summed E-state index contributed by atoms with van der Waals surface area (Å²) in [7, 11) is 0. The van der Waals surface area contributed by atoms with Gasteiger partial charge in [-0.25, -0.2) is 0 Å². The predicted molar refractivity (Wildman–Crippen MR) is 104 cm³/mol. The molecule has 2 rings (SSSR count). The van der Waals surface area contributed by atoms with Gasteiger partial charge in [-0.1, -0.05) is 38.0 Å². The third-order valence-corrected chi connectivity index (χ3v) is 4.04. The Morgan fingerprint density at radius 3 is 2.48 bits per heavy atom. The molecule has 0 aliphatic heterocycles. The van der Waals surface area contributed by atoms with Gasteiger partial charge in [-0.3, -0.25) is 19.7 Å². The third kappa shape index (κ3) is 6.54. The van der Waals surface area contributed by atoms with E-state index < -0.39 is 10.8 Å². The van der Waals surface area contributed by atoms with Crippen molar-refractivity contribution >= 4 is 23.2 Å². The molecule has 0 heterocycles. The first-order valence-corrected chi connectivity index (χ1v) is 8.91. The fourth-order valence-corrected chi connectivity index (χ4v) is 2.56. The summed E-state index contributed by atoms with van der Waals surface area (Å²) >= 11 is 0. The number of benzene rings is 2. The van der Waals surface area contributed by atoms with E-state index in [4.69, 9.17) is 0 Å². The Labute approximate surface area is 157 Å². The van der Waals surface area contributed by atoms with E-state index in [0.717, 1.165) is 12.8 Å². The summed E-state index contributed by atoms with van der Waals surface area (Å²) in [5.74, 6) is -0.910. The van der Waals surface area contributed by atoms with Crippen LogP contribution in [0.4, 0.5) is 11.4 Å². The van der Waals surface area contributed by atoms with Crippen LogP contribution in [0.1, 0.15) is 42.1 Å². The van der Waals surface area contributed by atoms with Crippen LogP contribution in [0.25, 0.3) is 0 Å². The van der Waals surface area contributed by atoms with Gasteiger partial charge in [0.2, 0.25) is 5.91 Å². The highest BCUT2D eigenvalue weighted by atomic mass is 16.6. The predicted octanol–water partition coefficient (Wildman–Crippen LogP) is 3.70. The number of hydrogen-bond acceptors (Lipinski definition) is 4. The number of nitro groups is 1. The minimum absolute atomic E-state index is 0.133. The molecule has 0 radical (unpaired) electrons. The molecule has 0 atom stereocenters. The van der Waals surface area contributed by atoms with Gasteiger partial charge in [0.1, 0.15) is 0 Å². The standard InChI is InChI=1S/C20H23N3O4/c1-2-3-4-6-15-9-11-17(12-10-15)22-19(24)14-21-20(25)16-7-5-8-18(13-16)23(26)27/h5,7-13H,2-4,6,14H2,1H3,(H,21,25)(H,22,24). The average molecular weight is 369 g/mol. The molecule has 2 N–H and O–H groups in total. The number of anilines is 1. The zero-order chi connectivity index (χ0) is 19.6. The van der Waals surface area contributed by atoms with Gasteiger partial charge in [-0.15, -0.1) is 0 Å². The van der Waals surface area contributed by atoms with Crippen molar-refractivity contribution in [2.75, 3.05) is 11.9 Å². The molecule has 0 aromatic heterocycles. The van der Waals surface area contributed by atoms with E-state index in [9.17, 15) is 19.7 Å². The Balaban J connectivity index is 1.82. The van der Waals surface area contributed by atoms with Gasteiger partial charge < -0.3 is 10.6 Å². The Hall–Kier alpha value is -3.22. The number of non-ortho nitro benzene ring substituents is 1. The summed E-state index contributed by atoms with van der Waals surface area (Å²) < 4.78 is 0. The topological polar surface area (TPSA) is 101 Å². The van der Waals surface area contributed by atoms with Gasteiger partial charge in [0.15, 0.2) is 0 Å². The number of nitro benzene ring substituents is 1. The molecule has 7 nitrogen and oxygen atoms in total. The van der Waals surface area contributed by atoms with Gasteiger partial charge >= 0.3 is 0 Å². The number of carbonyl (C=O) groups is 2. The van der Waals surface area contributed by atoms with Crippen molar-refractivity contribution in [3.63, 3.8) is 0 Å². The Morgan fingerprint density at radius 2 is 1.81 bits per heavy atom. The molecule has 0 bridgehead atoms. The molecule has 0 aliphatic rings. The van der Waals surface area contributed by atoms with E-state index in [1.165, 1.54) is 42.7 Å². The number of nitrogens with one attached hydrogen (secondary N) is 2. The lowest BCUT2D eigenvalue weighted by Crippen LogP contribution is -2.32. The molecular formula is C20H23N3O4. The number of unbranched alkanes of at least 4 members (excludes halogenated alkanes) is 2. The number of carbonyl (C=O) groups excluding carboxylic acids is 2. The molecule has 0 saturated carbocycles. The van der Waals surface area contributed by atoms with Gasteiger partial charge in [-0.05, 0) is 36.6 Å². The molecule has 0 aliphatic carbocycles. The van der Waals surface area contributed by atoms with E-state index in [2.05, 4.69) is 17.6 Å². The molecule has 0 saturated heterocycles. The third-order valence-electron chi connectivity index (χ3n) is 4.04. The van der Waals surface area contributed by atoms with Gasteiger partial charge in [-0.2, -0.15) is 0 Å². The lowest BCUT2D eigenvalue weighted by molar-refractivity contribution is -0.384. The minimum Gasteiger partial charge on any atom is -0.343 e. The molecule has 2 aromatic carbocycles. The molecule has 2 aromatic rings. The van der Waals surface area contributed by atoms with Gasteiger partial charge in [0, 0.05) is 23.4 Å².